The third-order valence-electron chi connectivity index (χ3n) is 7.21. The Bertz CT molecular complexity index is 291. The fraction of sp³-hybridized carbons (Fsp3) is 1.00. The molecule has 0 aliphatic carbocycles. The van der Waals surface area contributed by atoms with Gasteiger partial charge in [0.05, 0.1) is 0 Å². The number of hydrogen-bond acceptors (Lipinski definition) is 0. The Kier molecular flexibility index (Phi) is 23.4. The van der Waals surface area contributed by atoms with Crippen molar-refractivity contribution in [2.45, 2.75) is 156 Å². The Morgan fingerprint density at radius 1 is 0.276 bits per heavy atom. The van der Waals surface area contributed by atoms with Gasteiger partial charge >= 0.3 is 155 Å². The SMILES string of the molecule is CCCCCCCCCCCCCCCCC[PH](CCC)(CCCC)CCCC. The summed E-state index contributed by atoms with van der Waals surface area (Å²) >= 11 is 0. The summed E-state index contributed by atoms with van der Waals surface area (Å²) < 4.78 is 0. The molecule has 0 aliphatic rings. The van der Waals surface area contributed by atoms with Crippen LogP contribution < -0.4 is 0 Å². The molecule has 0 saturated carbocycles. The predicted octanol–water partition coefficient (Wildman–Crippen LogP) is 10.6. The van der Waals surface area contributed by atoms with Crippen LogP contribution in [0.2, 0.25) is 0 Å². The molecule has 0 unspecified atom stereocenters. The summed E-state index contributed by atoms with van der Waals surface area (Å²) in [4.78, 5) is 0. The third-order valence-corrected chi connectivity index (χ3v) is 13.0. The van der Waals surface area contributed by atoms with Gasteiger partial charge in [0.1, 0.15) is 0 Å². The summed E-state index contributed by atoms with van der Waals surface area (Å²) in [5.74, 6) is 0. The van der Waals surface area contributed by atoms with Gasteiger partial charge in [0.2, 0.25) is 0 Å². The summed E-state index contributed by atoms with van der Waals surface area (Å²) in [5, 5.41) is 0. The van der Waals surface area contributed by atoms with Crippen molar-refractivity contribution in [3.05, 3.63) is 0 Å². The first kappa shape index (κ1) is 29.4. The van der Waals surface area contributed by atoms with Crippen molar-refractivity contribution in [3.63, 3.8) is 0 Å². The number of hydrogen-bond donors (Lipinski definition) is 0. The second kappa shape index (κ2) is 23.1. The van der Waals surface area contributed by atoms with E-state index in [2.05, 4.69) is 27.7 Å². The van der Waals surface area contributed by atoms with Gasteiger partial charge in [-0.25, -0.2) is 0 Å². The van der Waals surface area contributed by atoms with E-state index in [1.807, 2.05) is 0 Å². The molecule has 0 amide bonds. The molecular formula is C28H61P. The van der Waals surface area contributed by atoms with Crippen molar-refractivity contribution in [1.82, 2.24) is 0 Å². The topological polar surface area (TPSA) is 0 Å². The Morgan fingerprint density at radius 3 is 0.931 bits per heavy atom. The van der Waals surface area contributed by atoms with Gasteiger partial charge in [-0.1, -0.05) is 32.6 Å². The van der Waals surface area contributed by atoms with Crippen LogP contribution in [0, 0.1) is 0 Å². The summed E-state index contributed by atoms with van der Waals surface area (Å²) in [5.41, 5.74) is 0. The molecule has 0 nitrogen and oxygen atoms in total. The second-order valence-corrected chi connectivity index (χ2v) is 15.2. The van der Waals surface area contributed by atoms with Crippen LogP contribution in [-0.2, 0) is 0 Å². The van der Waals surface area contributed by atoms with E-state index in [0.717, 1.165) is 0 Å². The average molecular weight is 429 g/mol. The molecule has 0 rings (SSSR count). The van der Waals surface area contributed by atoms with E-state index in [9.17, 15) is 0 Å². The Hall–Kier alpha value is 0.430. The Morgan fingerprint density at radius 2 is 0.586 bits per heavy atom. The Labute approximate surface area is 188 Å². The molecule has 0 heterocycles. The molecule has 0 atom stereocenters. The van der Waals surface area contributed by atoms with Crippen LogP contribution in [0.15, 0.2) is 0 Å². The van der Waals surface area contributed by atoms with E-state index < -0.39 is 7.26 Å². The van der Waals surface area contributed by atoms with Crippen LogP contribution in [0.5, 0.6) is 0 Å². The molecule has 1 heteroatoms. The van der Waals surface area contributed by atoms with Gasteiger partial charge in [-0.05, 0) is 0 Å². The van der Waals surface area contributed by atoms with Gasteiger partial charge in [0.25, 0.3) is 0 Å². The first-order valence-electron chi connectivity index (χ1n) is 14.2. The maximum absolute atomic E-state index is 2.44. The van der Waals surface area contributed by atoms with Crippen LogP contribution in [-0.4, -0.2) is 24.6 Å². The standard InChI is InChI=1S/C28H61P/c1-5-9-12-13-14-15-16-17-18-19-20-21-22-23-24-28-29(25-8-4,26-10-6-2)27-11-7-3/h29H,5-28H2,1-4H3. The van der Waals surface area contributed by atoms with E-state index in [1.165, 1.54) is 122 Å². The minimum absolute atomic E-state index is 0.943. The van der Waals surface area contributed by atoms with E-state index >= 15 is 0 Å². The molecule has 0 aliphatic heterocycles. The second-order valence-electron chi connectivity index (χ2n) is 10.2. The van der Waals surface area contributed by atoms with Crippen molar-refractivity contribution in [1.29, 1.82) is 0 Å². The van der Waals surface area contributed by atoms with Crippen molar-refractivity contribution < 1.29 is 0 Å². The first-order chi connectivity index (χ1) is 14.2. The summed E-state index contributed by atoms with van der Waals surface area (Å²) in [7, 11) is -0.943. The fourth-order valence-electron chi connectivity index (χ4n) is 5.26. The van der Waals surface area contributed by atoms with Gasteiger partial charge in [0.15, 0.2) is 0 Å². The average Bonchev–Trinajstić information content (AvgIpc) is 2.73. The summed E-state index contributed by atoms with van der Waals surface area (Å²) in [6.45, 7) is 9.52. The molecule has 178 valence electrons. The molecule has 0 N–H and O–H groups in total. The summed E-state index contributed by atoms with van der Waals surface area (Å²) in [6, 6.07) is 0. The molecular weight excluding hydrogens is 367 g/mol. The molecule has 0 fully saturated rings. The van der Waals surface area contributed by atoms with Crippen LogP contribution in [0.25, 0.3) is 0 Å². The summed E-state index contributed by atoms with van der Waals surface area (Å²) in [6.07, 6.45) is 36.1. The van der Waals surface area contributed by atoms with Crippen LogP contribution in [0.1, 0.15) is 156 Å². The van der Waals surface area contributed by atoms with Crippen molar-refractivity contribution >= 4 is 7.26 Å². The normalized spacial score (nSPS) is 12.6. The van der Waals surface area contributed by atoms with E-state index in [0.29, 0.717) is 0 Å². The number of unbranched alkanes of at least 4 members (excludes halogenated alkanes) is 16. The molecule has 0 radical (unpaired) electrons. The van der Waals surface area contributed by atoms with Crippen molar-refractivity contribution in [3.8, 4) is 0 Å². The van der Waals surface area contributed by atoms with Crippen LogP contribution >= 0.6 is 7.26 Å². The first-order valence-corrected chi connectivity index (χ1v) is 17.1. The quantitative estimate of drug-likeness (QED) is 0.106. The van der Waals surface area contributed by atoms with Gasteiger partial charge < -0.3 is 0 Å². The maximum atomic E-state index is 2.44. The molecule has 0 spiro atoms. The Balaban J connectivity index is 3.66. The molecule has 0 aromatic heterocycles. The number of rotatable bonds is 24. The molecule has 29 heavy (non-hydrogen) atoms. The molecule has 0 bridgehead atoms. The fourth-order valence-corrected chi connectivity index (χ4v) is 11.0. The minimum atomic E-state index is -0.943. The zero-order valence-corrected chi connectivity index (χ0v) is 22.5. The van der Waals surface area contributed by atoms with Crippen molar-refractivity contribution in [2.24, 2.45) is 0 Å². The molecule has 0 aromatic rings. The van der Waals surface area contributed by atoms with Crippen LogP contribution in [0.4, 0.5) is 0 Å². The predicted molar refractivity (Wildman–Crippen MR) is 143 cm³/mol. The monoisotopic (exact) mass is 428 g/mol. The van der Waals surface area contributed by atoms with Gasteiger partial charge in [-0.3, -0.25) is 0 Å². The van der Waals surface area contributed by atoms with E-state index in [1.54, 1.807) is 31.1 Å². The van der Waals surface area contributed by atoms with Crippen LogP contribution in [0.3, 0.4) is 0 Å². The zero-order chi connectivity index (χ0) is 21.5. The van der Waals surface area contributed by atoms with Gasteiger partial charge in [0, 0.05) is 0 Å². The molecule has 0 saturated heterocycles. The third kappa shape index (κ3) is 18.9. The van der Waals surface area contributed by atoms with E-state index in [-0.39, 0.29) is 0 Å². The van der Waals surface area contributed by atoms with Crippen molar-refractivity contribution in [2.75, 3.05) is 24.6 Å². The van der Waals surface area contributed by atoms with Gasteiger partial charge in [-0.15, -0.1) is 0 Å². The molecule has 0 aromatic carbocycles. The van der Waals surface area contributed by atoms with Gasteiger partial charge in [-0.2, -0.15) is 0 Å². The zero-order valence-electron chi connectivity index (χ0n) is 21.5. The van der Waals surface area contributed by atoms with E-state index in [4.69, 9.17) is 0 Å².